The fourth-order valence-corrected chi connectivity index (χ4v) is 2.08. The Morgan fingerprint density at radius 1 is 1.45 bits per heavy atom. The maximum Gasteiger partial charge on any atom is 0.326 e. The minimum Gasteiger partial charge on any atom is -0.480 e. The molecule has 1 aromatic heterocycles. The molecule has 2 atom stereocenters. The van der Waals surface area contributed by atoms with E-state index >= 15 is 0 Å². The van der Waals surface area contributed by atoms with Crippen LogP contribution in [0, 0.1) is 5.92 Å². The van der Waals surface area contributed by atoms with E-state index in [0.717, 1.165) is 25.7 Å². The van der Waals surface area contributed by atoms with Gasteiger partial charge in [-0.1, -0.05) is 26.7 Å². The number of rotatable bonds is 9. The van der Waals surface area contributed by atoms with Crippen molar-refractivity contribution >= 4 is 11.9 Å². The van der Waals surface area contributed by atoms with Crippen LogP contribution in [0.2, 0.25) is 0 Å². The summed E-state index contributed by atoms with van der Waals surface area (Å²) in [6, 6.07) is -0.918. The number of hydrogen-bond donors (Lipinski definition) is 3. The number of unbranched alkanes of at least 4 members (excludes halogenated alkanes) is 1. The number of nitrogens with zero attached hydrogens (tertiary/aromatic N) is 1. The summed E-state index contributed by atoms with van der Waals surface area (Å²) >= 11 is 0. The van der Waals surface area contributed by atoms with Gasteiger partial charge < -0.3 is 15.4 Å². The van der Waals surface area contributed by atoms with Gasteiger partial charge in [0.25, 0.3) is 0 Å². The third-order valence-electron chi connectivity index (χ3n) is 3.36. The van der Waals surface area contributed by atoms with Crippen molar-refractivity contribution in [3.05, 3.63) is 18.2 Å². The topological polar surface area (TPSA) is 95.1 Å². The lowest BCUT2D eigenvalue weighted by Gasteiger charge is -2.19. The highest BCUT2D eigenvalue weighted by atomic mass is 16.4. The quantitative estimate of drug-likeness (QED) is 0.642. The SMILES string of the molecule is CCCCC(CC)C(=O)N[C@H](Cc1cnc[nH]1)C(=O)O. The van der Waals surface area contributed by atoms with E-state index in [1.807, 2.05) is 6.92 Å². The molecule has 0 saturated carbocycles. The van der Waals surface area contributed by atoms with Crippen molar-refractivity contribution in [2.75, 3.05) is 0 Å². The summed E-state index contributed by atoms with van der Waals surface area (Å²) in [7, 11) is 0. The molecule has 0 aliphatic carbocycles. The summed E-state index contributed by atoms with van der Waals surface area (Å²) in [5, 5.41) is 11.8. The smallest absolute Gasteiger partial charge is 0.326 e. The molecule has 0 aliphatic rings. The van der Waals surface area contributed by atoms with Crippen LogP contribution < -0.4 is 5.32 Å². The molecule has 0 fully saturated rings. The summed E-state index contributed by atoms with van der Waals surface area (Å²) in [6.07, 6.45) is 6.80. The Kier molecular flexibility index (Phi) is 6.76. The average Bonchev–Trinajstić information content (AvgIpc) is 2.91. The minimum absolute atomic E-state index is 0.112. The van der Waals surface area contributed by atoms with Gasteiger partial charge in [-0.3, -0.25) is 4.79 Å². The van der Waals surface area contributed by atoms with Gasteiger partial charge in [-0.05, 0) is 12.8 Å². The Bertz CT molecular complexity index is 417. The van der Waals surface area contributed by atoms with Gasteiger partial charge in [0.05, 0.1) is 6.33 Å². The largest absolute Gasteiger partial charge is 0.480 e. The molecular weight excluding hydrogens is 258 g/mol. The van der Waals surface area contributed by atoms with Crippen molar-refractivity contribution in [1.82, 2.24) is 15.3 Å². The number of carbonyl (C=O) groups excluding carboxylic acids is 1. The van der Waals surface area contributed by atoms with Crippen LogP contribution in [0.25, 0.3) is 0 Å². The van der Waals surface area contributed by atoms with Gasteiger partial charge in [-0.25, -0.2) is 9.78 Å². The van der Waals surface area contributed by atoms with E-state index in [0.29, 0.717) is 5.69 Å². The number of carboxylic acid groups (broad SMARTS) is 1. The first-order valence-corrected chi connectivity index (χ1v) is 7.08. The van der Waals surface area contributed by atoms with Gasteiger partial charge in [0.15, 0.2) is 0 Å². The van der Waals surface area contributed by atoms with Gasteiger partial charge in [-0.2, -0.15) is 0 Å². The number of aromatic amines is 1. The second-order valence-corrected chi connectivity index (χ2v) is 4.93. The molecule has 0 bridgehead atoms. The predicted octanol–water partition coefficient (Wildman–Crippen LogP) is 1.74. The molecule has 1 heterocycles. The molecule has 0 aliphatic heterocycles. The molecule has 112 valence electrons. The zero-order valence-corrected chi connectivity index (χ0v) is 12.1. The monoisotopic (exact) mass is 281 g/mol. The van der Waals surface area contributed by atoms with Crippen molar-refractivity contribution in [3.8, 4) is 0 Å². The maximum atomic E-state index is 12.1. The fraction of sp³-hybridized carbons (Fsp3) is 0.643. The molecule has 1 amide bonds. The molecule has 1 aromatic rings. The highest BCUT2D eigenvalue weighted by molar-refractivity contribution is 5.85. The van der Waals surface area contributed by atoms with Crippen LogP contribution in [-0.4, -0.2) is 33.0 Å². The van der Waals surface area contributed by atoms with Gasteiger partial charge >= 0.3 is 5.97 Å². The van der Waals surface area contributed by atoms with Gasteiger partial charge in [0.2, 0.25) is 5.91 Å². The number of hydrogen-bond acceptors (Lipinski definition) is 3. The van der Waals surface area contributed by atoms with Crippen molar-refractivity contribution in [1.29, 1.82) is 0 Å². The third kappa shape index (κ3) is 5.03. The first-order chi connectivity index (χ1) is 9.58. The number of H-pyrrole nitrogens is 1. The van der Waals surface area contributed by atoms with E-state index in [9.17, 15) is 14.7 Å². The average molecular weight is 281 g/mol. The second kappa shape index (κ2) is 8.35. The van der Waals surface area contributed by atoms with Gasteiger partial charge in [0.1, 0.15) is 6.04 Å². The molecule has 1 rings (SSSR count). The van der Waals surface area contributed by atoms with Crippen LogP contribution in [0.4, 0.5) is 0 Å². The number of nitrogens with one attached hydrogen (secondary N) is 2. The van der Waals surface area contributed by atoms with Crippen molar-refractivity contribution in [2.24, 2.45) is 5.92 Å². The van der Waals surface area contributed by atoms with Crippen LogP contribution in [0.3, 0.4) is 0 Å². The first-order valence-electron chi connectivity index (χ1n) is 7.08. The van der Waals surface area contributed by atoms with E-state index in [4.69, 9.17) is 0 Å². The Hall–Kier alpha value is -1.85. The highest BCUT2D eigenvalue weighted by Crippen LogP contribution is 2.13. The third-order valence-corrected chi connectivity index (χ3v) is 3.36. The number of carbonyl (C=O) groups is 2. The van der Waals surface area contributed by atoms with E-state index < -0.39 is 12.0 Å². The second-order valence-electron chi connectivity index (χ2n) is 4.93. The van der Waals surface area contributed by atoms with Crippen molar-refractivity contribution < 1.29 is 14.7 Å². The normalized spacial score (nSPS) is 13.7. The number of carboxylic acids is 1. The molecular formula is C14H23N3O3. The molecule has 1 unspecified atom stereocenters. The number of aliphatic carboxylic acids is 1. The number of imidazole rings is 1. The van der Waals surface area contributed by atoms with Crippen LogP contribution >= 0.6 is 0 Å². The lowest BCUT2D eigenvalue weighted by atomic mass is 9.98. The summed E-state index contributed by atoms with van der Waals surface area (Å²) in [5.74, 6) is -1.32. The van der Waals surface area contributed by atoms with Crippen molar-refractivity contribution in [2.45, 2.75) is 52.0 Å². The van der Waals surface area contributed by atoms with Crippen LogP contribution in [-0.2, 0) is 16.0 Å². The van der Waals surface area contributed by atoms with Crippen LogP contribution in [0.1, 0.15) is 45.2 Å². The molecule has 20 heavy (non-hydrogen) atoms. The lowest BCUT2D eigenvalue weighted by molar-refractivity contribution is -0.142. The molecule has 6 nitrogen and oxygen atoms in total. The standard InChI is InChI=1S/C14H23N3O3/c1-3-5-6-10(4-2)13(18)17-12(14(19)20)7-11-8-15-9-16-11/h8-10,12H,3-7H2,1-2H3,(H,15,16)(H,17,18)(H,19,20)/t10?,12-/m1/s1. The van der Waals surface area contributed by atoms with E-state index in [2.05, 4.69) is 22.2 Å². The predicted molar refractivity (Wildman–Crippen MR) is 75.2 cm³/mol. The van der Waals surface area contributed by atoms with Crippen molar-refractivity contribution in [3.63, 3.8) is 0 Å². The Labute approximate surface area is 119 Å². The van der Waals surface area contributed by atoms with Crippen LogP contribution in [0.5, 0.6) is 0 Å². The fourth-order valence-electron chi connectivity index (χ4n) is 2.08. The van der Waals surface area contributed by atoms with Crippen LogP contribution in [0.15, 0.2) is 12.5 Å². The van der Waals surface area contributed by atoms with Gasteiger partial charge in [0, 0.05) is 24.2 Å². The molecule has 0 aromatic carbocycles. The van der Waals surface area contributed by atoms with E-state index in [-0.39, 0.29) is 18.2 Å². The molecule has 3 N–H and O–H groups in total. The van der Waals surface area contributed by atoms with E-state index in [1.165, 1.54) is 6.33 Å². The summed E-state index contributed by atoms with van der Waals surface area (Å²) < 4.78 is 0. The highest BCUT2D eigenvalue weighted by Gasteiger charge is 2.24. The molecule has 0 spiro atoms. The van der Waals surface area contributed by atoms with E-state index in [1.54, 1.807) is 6.20 Å². The Balaban J connectivity index is 2.60. The zero-order chi connectivity index (χ0) is 15.0. The Morgan fingerprint density at radius 2 is 2.20 bits per heavy atom. The molecule has 6 heteroatoms. The lowest BCUT2D eigenvalue weighted by Crippen LogP contribution is -2.45. The minimum atomic E-state index is -1.03. The number of aromatic nitrogens is 2. The maximum absolute atomic E-state index is 12.1. The number of amides is 1. The summed E-state index contributed by atoms with van der Waals surface area (Å²) in [5.41, 5.74) is 0.694. The Morgan fingerprint density at radius 3 is 2.70 bits per heavy atom. The summed E-state index contributed by atoms with van der Waals surface area (Å²) in [6.45, 7) is 4.02. The molecule has 0 radical (unpaired) electrons. The molecule has 0 saturated heterocycles. The first kappa shape index (κ1) is 16.2. The zero-order valence-electron chi connectivity index (χ0n) is 12.1. The summed E-state index contributed by atoms with van der Waals surface area (Å²) in [4.78, 5) is 30.1. The van der Waals surface area contributed by atoms with Gasteiger partial charge in [-0.15, -0.1) is 0 Å².